The van der Waals surface area contributed by atoms with E-state index < -0.39 is 5.82 Å². The van der Waals surface area contributed by atoms with Crippen LogP contribution in [0.2, 0.25) is 0 Å². The fourth-order valence-corrected chi connectivity index (χ4v) is 3.98. The summed E-state index contributed by atoms with van der Waals surface area (Å²) < 4.78 is 15.0. The Morgan fingerprint density at radius 1 is 1.15 bits per heavy atom. The molecule has 9 heteroatoms. The zero-order valence-corrected chi connectivity index (χ0v) is 19.9. The van der Waals surface area contributed by atoms with E-state index >= 15 is 0 Å². The maximum atomic E-state index is 15.0. The van der Waals surface area contributed by atoms with Crippen LogP contribution in [0.15, 0.2) is 35.3 Å². The molecule has 3 aromatic rings. The molecule has 2 N–H and O–H groups in total. The summed E-state index contributed by atoms with van der Waals surface area (Å²) >= 11 is 0. The van der Waals surface area contributed by atoms with Crippen molar-refractivity contribution in [3.8, 4) is 0 Å². The third-order valence-corrected chi connectivity index (χ3v) is 6.08. The van der Waals surface area contributed by atoms with E-state index in [0.717, 1.165) is 44.7 Å². The van der Waals surface area contributed by atoms with E-state index in [4.69, 9.17) is 0 Å². The van der Waals surface area contributed by atoms with Crippen molar-refractivity contribution in [3.05, 3.63) is 63.6 Å². The Morgan fingerprint density at radius 2 is 1.88 bits per heavy atom. The van der Waals surface area contributed by atoms with Crippen molar-refractivity contribution >= 4 is 22.6 Å². The van der Waals surface area contributed by atoms with Gasteiger partial charge in [-0.25, -0.2) is 14.4 Å². The van der Waals surface area contributed by atoms with Crippen molar-refractivity contribution in [3.63, 3.8) is 0 Å². The lowest BCUT2D eigenvalue weighted by Crippen LogP contribution is -2.46. The third-order valence-electron chi connectivity index (χ3n) is 6.08. The number of benzene rings is 1. The van der Waals surface area contributed by atoms with E-state index in [1.54, 1.807) is 31.3 Å². The molecule has 5 rings (SSSR count). The zero-order valence-electron chi connectivity index (χ0n) is 19.9. The van der Waals surface area contributed by atoms with Crippen LogP contribution in [0, 0.1) is 12.7 Å². The van der Waals surface area contributed by atoms with Gasteiger partial charge in [0.25, 0.3) is 11.5 Å². The molecule has 2 aromatic heterocycles. The highest BCUT2D eigenvalue weighted by atomic mass is 19.1. The molecule has 2 fully saturated rings. The van der Waals surface area contributed by atoms with E-state index in [1.165, 1.54) is 0 Å². The predicted molar refractivity (Wildman–Crippen MR) is 131 cm³/mol. The molecule has 34 heavy (non-hydrogen) atoms. The van der Waals surface area contributed by atoms with Crippen molar-refractivity contribution in [2.24, 2.45) is 0 Å². The summed E-state index contributed by atoms with van der Waals surface area (Å²) in [5, 5.41) is 2.94. The number of nitrogens with one attached hydrogen (secondary N) is 2. The van der Waals surface area contributed by atoms with E-state index in [-0.39, 0.29) is 17.0 Å². The number of fused-ring (bicyclic) bond motifs is 1. The largest absolute Gasteiger partial charge is 0.368 e. The number of hydrogen-bond donors (Lipinski definition) is 2. The first-order chi connectivity index (χ1) is 16.5. The minimum atomic E-state index is -0.418. The molecule has 8 nitrogen and oxygen atoms in total. The number of carbonyl (C=O) groups excluding carboxylic acids is 1. The average Bonchev–Trinajstić information content (AvgIpc) is 3.68. The molecule has 1 aliphatic carbocycles. The third kappa shape index (κ3) is 5.25. The Balaban J connectivity index is 0.00000133. The lowest BCUT2D eigenvalue weighted by molar-refractivity contribution is 0.0946. The number of rotatable bonds is 5. The van der Waals surface area contributed by atoms with Crippen LogP contribution < -0.4 is 15.8 Å². The maximum Gasteiger partial charge on any atom is 0.270 e. The summed E-state index contributed by atoms with van der Waals surface area (Å²) in [5.41, 5.74) is 2.53. The minimum Gasteiger partial charge on any atom is -0.368 e. The molecule has 3 heterocycles. The van der Waals surface area contributed by atoms with Gasteiger partial charge < -0.3 is 15.2 Å². The van der Waals surface area contributed by atoms with Gasteiger partial charge in [0.05, 0.1) is 17.4 Å². The van der Waals surface area contributed by atoms with E-state index in [0.29, 0.717) is 35.1 Å². The summed E-state index contributed by atoms with van der Waals surface area (Å²) in [7, 11) is 0. The highest BCUT2D eigenvalue weighted by Crippen LogP contribution is 2.22. The zero-order chi connectivity index (χ0) is 24.2. The molecule has 180 valence electrons. The van der Waals surface area contributed by atoms with Crippen LogP contribution in [0.25, 0.3) is 11.0 Å². The molecule has 1 aliphatic heterocycles. The number of carbonyl (C=O) groups is 1. The number of nitrogens with zero attached hydrogens (tertiary/aromatic N) is 4. The first-order valence-corrected chi connectivity index (χ1v) is 11.9. The summed E-state index contributed by atoms with van der Waals surface area (Å²) in [5.74, 6) is -0.535. The van der Waals surface area contributed by atoms with Crippen LogP contribution >= 0.6 is 0 Å². The highest BCUT2D eigenvalue weighted by molar-refractivity contribution is 5.92. The molecule has 0 atom stereocenters. The van der Waals surface area contributed by atoms with Gasteiger partial charge in [0.1, 0.15) is 16.9 Å². The number of piperazine rings is 1. The Morgan fingerprint density at radius 3 is 2.53 bits per heavy atom. The Kier molecular flexibility index (Phi) is 7.21. The van der Waals surface area contributed by atoms with E-state index in [2.05, 4.69) is 30.1 Å². The number of halogens is 1. The highest BCUT2D eigenvalue weighted by Gasteiger charge is 2.25. The van der Waals surface area contributed by atoms with Gasteiger partial charge in [0.15, 0.2) is 5.82 Å². The van der Waals surface area contributed by atoms with Gasteiger partial charge in [-0.1, -0.05) is 19.9 Å². The van der Waals surface area contributed by atoms with Crippen molar-refractivity contribution in [1.82, 2.24) is 25.2 Å². The molecule has 1 aromatic carbocycles. The molecular formula is C25H31FN6O2. The fourth-order valence-electron chi connectivity index (χ4n) is 3.98. The molecule has 1 saturated heterocycles. The quantitative estimate of drug-likeness (QED) is 0.600. The summed E-state index contributed by atoms with van der Waals surface area (Å²) in [6, 6.07) is 7.49. The van der Waals surface area contributed by atoms with Gasteiger partial charge in [0, 0.05) is 44.3 Å². The second kappa shape index (κ2) is 10.3. The second-order valence-electron chi connectivity index (χ2n) is 8.50. The van der Waals surface area contributed by atoms with Crippen LogP contribution in [0.4, 0.5) is 10.1 Å². The van der Waals surface area contributed by atoms with E-state index in [1.807, 2.05) is 19.9 Å². The molecule has 0 radical (unpaired) electrons. The number of pyridine rings is 1. The van der Waals surface area contributed by atoms with Gasteiger partial charge in [-0.05, 0) is 38.0 Å². The summed E-state index contributed by atoms with van der Waals surface area (Å²) in [6.07, 6.45) is 3.84. The number of hydrogen-bond acceptors (Lipinski definition) is 6. The predicted octanol–water partition coefficient (Wildman–Crippen LogP) is 3.01. The van der Waals surface area contributed by atoms with Crippen LogP contribution in [0.3, 0.4) is 0 Å². The number of aromatic amines is 1. The second-order valence-corrected chi connectivity index (χ2v) is 8.50. The van der Waals surface area contributed by atoms with Gasteiger partial charge in [-0.3, -0.25) is 14.5 Å². The lowest BCUT2D eigenvalue weighted by Gasteiger charge is -2.36. The van der Waals surface area contributed by atoms with Crippen molar-refractivity contribution < 1.29 is 9.18 Å². The Labute approximate surface area is 198 Å². The van der Waals surface area contributed by atoms with Crippen LogP contribution in [0.1, 0.15) is 48.4 Å². The molecule has 0 unspecified atom stereocenters. The summed E-state index contributed by atoms with van der Waals surface area (Å²) in [4.78, 5) is 39.4. The number of amides is 1. The average molecular weight is 467 g/mol. The normalized spacial score (nSPS) is 16.2. The van der Waals surface area contributed by atoms with Crippen LogP contribution in [0.5, 0.6) is 0 Å². The van der Waals surface area contributed by atoms with Crippen LogP contribution in [-0.2, 0) is 6.54 Å². The van der Waals surface area contributed by atoms with Crippen molar-refractivity contribution in [1.29, 1.82) is 0 Å². The summed E-state index contributed by atoms with van der Waals surface area (Å²) in [6.45, 7) is 9.16. The monoisotopic (exact) mass is 466 g/mol. The Hall–Kier alpha value is -3.33. The van der Waals surface area contributed by atoms with Crippen molar-refractivity contribution in [2.45, 2.75) is 46.2 Å². The maximum absolute atomic E-state index is 15.0. The van der Waals surface area contributed by atoms with Gasteiger partial charge >= 0.3 is 0 Å². The SMILES string of the molecule is CC.Cc1nc2ccc(CN3CCN(c4ccc(C(=O)NC5CC5)nc4)CC3)c(F)c2[nH]c1=O. The van der Waals surface area contributed by atoms with Gasteiger partial charge in [-0.2, -0.15) is 0 Å². The van der Waals surface area contributed by atoms with Crippen LogP contribution in [-0.4, -0.2) is 58.0 Å². The molecule has 0 bridgehead atoms. The Bertz CT molecular complexity index is 1210. The smallest absolute Gasteiger partial charge is 0.270 e. The molecule has 1 saturated carbocycles. The molecular weight excluding hydrogens is 435 g/mol. The van der Waals surface area contributed by atoms with Gasteiger partial charge in [0.2, 0.25) is 0 Å². The number of aryl methyl sites for hydroxylation is 1. The number of aromatic nitrogens is 3. The first-order valence-electron chi connectivity index (χ1n) is 11.9. The minimum absolute atomic E-state index is 0.118. The standard InChI is InChI=1S/C23H25FN6O2.C2H6/c1-14-22(31)28-21-18(26-14)6-2-15(20(21)24)13-29-8-10-30(11-9-29)17-5-7-19(25-12-17)23(32)27-16-3-4-16;1-2/h2,5-7,12,16H,3-4,8-11,13H2,1H3,(H,27,32)(H,28,31);1-2H3. The van der Waals surface area contributed by atoms with Crippen molar-refractivity contribution in [2.75, 3.05) is 31.1 Å². The first kappa shape index (κ1) is 23.8. The molecule has 1 amide bonds. The van der Waals surface area contributed by atoms with E-state index in [9.17, 15) is 14.0 Å². The van der Waals surface area contributed by atoms with Gasteiger partial charge in [-0.15, -0.1) is 0 Å². The molecule has 0 spiro atoms. The lowest BCUT2D eigenvalue weighted by atomic mass is 10.1. The molecule has 2 aliphatic rings. The number of anilines is 1. The fraction of sp³-hybridized carbons (Fsp3) is 0.440. The topological polar surface area (TPSA) is 94.2 Å². The number of H-pyrrole nitrogens is 1.